The van der Waals surface area contributed by atoms with E-state index in [4.69, 9.17) is 9.47 Å². The van der Waals surface area contributed by atoms with E-state index < -0.39 is 16.6 Å². The summed E-state index contributed by atoms with van der Waals surface area (Å²) in [6.45, 7) is 0. The van der Waals surface area contributed by atoms with Gasteiger partial charge in [0.2, 0.25) is 0 Å². The number of anilines is 1. The van der Waals surface area contributed by atoms with Crippen molar-refractivity contribution < 1.29 is 23.6 Å². The first kappa shape index (κ1) is 16.2. The average molecular weight is 320 g/mol. The van der Waals surface area contributed by atoms with Gasteiger partial charge in [-0.2, -0.15) is 0 Å². The number of hydrogen-bond acceptors (Lipinski definition) is 5. The number of nitro benzene ring substituents is 1. The number of benzene rings is 2. The lowest BCUT2D eigenvalue weighted by Gasteiger charge is -2.12. The van der Waals surface area contributed by atoms with Crippen molar-refractivity contribution in [2.75, 3.05) is 19.5 Å². The molecule has 0 atom stereocenters. The molecule has 120 valence electrons. The molecular formula is C15H13FN2O5. The van der Waals surface area contributed by atoms with Crippen molar-refractivity contribution in [3.8, 4) is 11.5 Å². The van der Waals surface area contributed by atoms with E-state index in [9.17, 15) is 19.3 Å². The lowest BCUT2D eigenvalue weighted by atomic mass is 10.1. The van der Waals surface area contributed by atoms with Crippen molar-refractivity contribution in [2.24, 2.45) is 0 Å². The van der Waals surface area contributed by atoms with Gasteiger partial charge in [-0.25, -0.2) is 4.39 Å². The molecule has 2 aromatic rings. The molecule has 7 nitrogen and oxygen atoms in total. The lowest BCUT2D eigenvalue weighted by Crippen LogP contribution is -2.15. The van der Waals surface area contributed by atoms with Gasteiger partial charge in [0, 0.05) is 18.2 Å². The Bertz CT molecular complexity index is 764. The fraction of sp³-hybridized carbons (Fsp3) is 0.133. The highest BCUT2D eigenvalue weighted by molar-refractivity contribution is 6.07. The molecule has 1 N–H and O–H groups in total. The van der Waals surface area contributed by atoms with E-state index in [0.717, 1.165) is 6.07 Å². The fourth-order valence-electron chi connectivity index (χ4n) is 1.96. The van der Waals surface area contributed by atoms with Crippen molar-refractivity contribution in [1.82, 2.24) is 0 Å². The van der Waals surface area contributed by atoms with Crippen LogP contribution < -0.4 is 14.8 Å². The molecule has 0 radical (unpaired) electrons. The number of rotatable bonds is 5. The van der Waals surface area contributed by atoms with Crippen LogP contribution in [-0.2, 0) is 0 Å². The van der Waals surface area contributed by atoms with Gasteiger partial charge in [0.1, 0.15) is 5.56 Å². The molecule has 0 spiro atoms. The van der Waals surface area contributed by atoms with Crippen LogP contribution in [0.15, 0.2) is 36.4 Å². The number of ether oxygens (including phenoxy) is 2. The molecule has 0 fully saturated rings. The molecule has 23 heavy (non-hydrogen) atoms. The Hall–Kier alpha value is -3.16. The fourth-order valence-corrected chi connectivity index (χ4v) is 1.96. The minimum atomic E-state index is -0.802. The second-order valence-electron chi connectivity index (χ2n) is 4.42. The van der Waals surface area contributed by atoms with E-state index >= 15 is 0 Å². The number of nitrogens with one attached hydrogen (secondary N) is 1. The van der Waals surface area contributed by atoms with Gasteiger partial charge < -0.3 is 14.8 Å². The smallest absolute Gasteiger partial charge is 0.282 e. The number of carbonyl (C=O) groups is 1. The largest absolute Gasteiger partial charge is 0.493 e. The minimum Gasteiger partial charge on any atom is -0.493 e. The highest BCUT2D eigenvalue weighted by Gasteiger charge is 2.21. The van der Waals surface area contributed by atoms with Gasteiger partial charge >= 0.3 is 0 Å². The molecule has 8 heteroatoms. The number of amides is 1. The maximum absolute atomic E-state index is 14.0. The van der Waals surface area contributed by atoms with E-state index in [-0.39, 0.29) is 28.4 Å². The second-order valence-corrected chi connectivity index (χ2v) is 4.42. The third kappa shape index (κ3) is 3.37. The maximum Gasteiger partial charge on any atom is 0.282 e. The molecule has 0 unspecified atom stereocenters. The minimum absolute atomic E-state index is 0.161. The maximum atomic E-state index is 14.0. The summed E-state index contributed by atoms with van der Waals surface area (Å²) in [5.74, 6) is -1.18. The highest BCUT2D eigenvalue weighted by Crippen LogP contribution is 2.32. The third-order valence-corrected chi connectivity index (χ3v) is 3.07. The summed E-state index contributed by atoms with van der Waals surface area (Å²) >= 11 is 0. The van der Waals surface area contributed by atoms with Crippen molar-refractivity contribution in [3.05, 3.63) is 57.9 Å². The zero-order valence-corrected chi connectivity index (χ0v) is 12.3. The molecule has 2 aromatic carbocycles. The molecule has 0 aliphatic rings. The van der Waals surface area contributed by atoms with Crippen molar-refractivity contribution >= 4 is 17.3 Å². The Morgan fingerprint density at radius 3 is 2.39 bits per heavy atom. The first-order chi connectivity index (χ1) is 11.0. The number of para-hydroxylation sites is 1. The first-order valence-corrected chi connectivity index (χ1v) is 6.44. The van der Waals surface area contributed by atoms with Crippen LogP contribution in [0.1, 0.15) is 10.4 Å². The Morgan fingerprint density at radius 2 is 1.78 bits per heavy atom. The zero-order chi connectivity index (χ0) is 17.0. The predicted molar refractivity (Wildman–Crippen MR) is 80.6 cm³/mol. The number of nitrogens with zero attached hydrogens (tertiary/aromatic N) is 1. The summed E-state index contributed by atoms with van der Waals surface area (Å²) in [5, 5.41) is 13.2. The molecule has 0 heterocycles. The highest BCUT2D eigenvalue weighted by atomic mass is 19.1. The molecule has 0 saturated carbocycles. The van der Waals surface area contributed by atoms with Gasteiger partial charge in [0.15, 0.2) is 17.3 Å². The summed E-state index contributed by atoms with van der Waals surface area (Å²) < 4.78 is 24.0. The van der Waals surface area contributed by atoms with Crippen LogP contribution in [0.4, 0.5) is 15.8 Å². The third-order valence-electron chi connectivity index (χ3n) is 3.07. The average Bonchev–Trinajstić information content (AvgIpc) is 2.56. The topological polar surface area (TPSA) is 90.7 Å². The zero-order valence-electron chi connectivity index (χ0n) is 12.3. The van der Waals surface area contributed by atoms with Crippen LogP contribution in [0, 0.1) is 15.9 Å². The van der Waals surface area contributed by atoms with E-state index in [1.165, 1.54) is 44.6 Å². The SMILES string of the molecule is COc1cc(F)c(NC(=O)c2ccccc2[N+](=O)[O-])cc1OC. The summed E-state index contributed by atoms with van der Waals surface area (Å²) in [5.41, 5.74) is -0.719. The molecule has 2 rings (SSSR count). The molecular weight excluding hydrogens is 307 g/mol. The molecule has 0 bridgehead atoms. The van der Waals surface area contributed by atoms with Crippen LogP contribution in [-0.4, -0.2) is 25.1 Å². The Morgan fingerprint density at radius 1 is 1.17 bits per heavy atom. The van der Waals surface area contributed by atoms with E-state index in [2.05, 4.69) is 5.32 Å². The normalized spacial score (nSPS) is 10.0. The van der Waals surface area contributed by atoms with Crippen molar-refractivity contribution in [2.45, 2.75) is 0 Å². The number of halogens is 1. The number of carbonyl (C=O) groups excluding carboxylic acids is 1. The van der Waals surface area contributed by atoms with Crippen LogP contribution in [0.2, 0.25) is 0 Å². The Labute approximate surface area is 130 Å². The van der Waals surface area contributed by atoms with Gasteiger partial charge in [-0.3, -0.25) is 14.9 Å². The standard InChI is InChI=1S/C15H13FN2O5/c1-22-13-7-10(16)11(8-14(13)23-2)17-15(19)9-5-3-4-6-12(9)18(20)21/h3-8H,1-2H3,(H,17,19). The second kappa shape index (κ2) is 6.73. The predicted octanol–water partition coefficient (Wildman–Crippen LogP) is 3.00. The molecule has 0 saturated heterocycles. The molecule has 1 amide bonds. The van der Waals surface area contributed by atoms with Gasteiger partial charge in [-0.15, -0.1) is 0 Å². The monoisotopic (exact) mass is 320 g/mol. The van der Waals surface area contributed by atoms with Crippen molar-refractivity contribution in [1.29, 1.82) is 0 Å². The summed E-state index contributed by atoms with van der Waals surface area (Å²) in [6.07, 6.45) is 0. The van der Waals surface area contributed by atoms with Gasteiger partial charge in [-0.05, 0) is 6.07 Å². The summed E-state index contributed by atoms with van der Waals surface area (Å²) in [7, 11) is 2.71. The van der Waals surface area contributed by atoms with Crippen LogP contribution >= 0.6 is 0 Å². The lowest BCUT2D eigenvalue weighted by molar-refractivity contribution is -0.385. The molecule has 0 aliphatic carbocycles. The summed E-state index contributed by atoms with van der Waals surface area (Å²) in [6, 6.07) is 7.68. The van der Waals surface area contributed by atoms with Gasteiger partial charge in [0.05, 0.1) is 24.8 Å². The first-order valence-electron chi connectivity index (χ1n) is 6.44. The Kier molecular flexibility index (Phi) is 4.75. The van der Waals surface area contributed by atoms with Gasteiger partial charge in [-0.1, -0.05) is 12.1 Å². The number of hydrogen-bond donors (Lipinski definition) is 1. The molecule has 0 aliphatic heterocycles. The number of methoxy groups -OCH3 is 2. The quantitative estimate of drug-likeness (QED) is 0.675. The van der Waals surface area contributed by atoms with Crippen LogP contribution in [0.3, 0.4) is 0 Å². The number of nitro groups is 1. The van der Waals surface area contributed by atoms with Crippen LogP contribution in [0.5, 0.6) is 11.5 Å². The van der Waals surface area contributed by atoms with E-state index in [1.54, 1.807) is 0 Å². The molecule has 0 aromatic heterocycles. The Balaban J connectivity index is 2.36. The van der Waals surface area contributed by atoms with Crippen molar-refractivity contribution in [3.63, 3.8) is 0 Å². The summed E-state index contributed by atoms with van der Waals surface area (Å²) in [4.78, 5) is 22.5. The van der Waals surface area contributed by atoms with Crippen LogP contribution in [0.25, 0.3) is 0 Å². The van der Waals surface area contributed by atoms with E-state index in [1.807, 2.05) is 0 Å². The van der Waals surface area contributed by atoms with E-state index in [0.29, 0.717) is 0 Å². The van der Waals surface area contributed by atoms with Gasteiger partial charge in [0.25, 0.3) is 11.6 Å².